The van der Waals surface area contributed by atoms with Crippen molar-refractivity contribution >= 4 is 11.8 Å². The average molecular weight is 330 g/mol. The molecule has 1 saturated carbocycles. The lowest BCUT2D eigenvalue weighted by Gasteiger charge is -2.18. The molecule has 1 saturated heterocycles. The predicted octanol–water partition coefficient (Wildman–Crippen LogP) is 0.347. The van der Waals surface area contributed by atoms with Gasteiger partial charge in [-0.1, -0.05) is 0 Å². The van der Waals surface area contributed by atoms with Gasteiger partial charge in [0.05, 0.1) is 0 Å². The molecule has 3 aliphatic rings. The summed E-state index contributed by atoms with van der Waals surface area (Å²) in [5.74, 6) is 1.23. The lowest BCUT2D eigenvalue weighted by atomic mass is 9.99. The number of amides is 2. The molecule has 0 aromatic carbocycles. The molecule has 2 fully saturated rings. The molecule has 7 nitrogen and oxygen atoms in total. The molecule has 24 heavy (non-hydrogen) atoms. The van der Waals surface area contributed by atoms with Crippen molar-refractivity contribution in [3.8, 4) is 0 Å². The number of aromatic nitrogens is 2. The number of fused-ring (bicyclic) bond motifs is 3. The number of hydrogen-bond acceptors (Lipinski definition) is 4. The highest BCUT2D eigenvalue weighted by Crippen LogP contribution is 2.40. The lowest BCUT2D eigenvalue weighted by molar-refractivity contribution is -0.131. The van der Waals surface area contributed by atoms with Crippen molar-refractivity contribution in [1.82, 2.24) is 19.8 Å². The molecule has 0 radical (unpaired) electrons. The molecule has 1 aliphatic carbocycles. The van der Waals surface area contributed by atoms with Gasteiger partial charge in [0.1, 0.15) is 11.4 Å². The summed E-state index contributed by atoms with van der Waals surface area (Å²) < 4.78 is 1.92. The van der Waals surface area contributed by atoms with Gasteiger partial charge in [0.2, 0.25) is 5.91 Å². The molecule has 4 rings (SSSR count). The van der Waals surface area contributed by atoms with Gasteiger partial charge in [0.25, 0.3) is 11.5 Å². The van der Waals surface area contributed by atoms with Crippen LogP contribution in [0.3, 0.4) is 0 Å². The Kier molecular flexibility index (Phi) is 3.47. The maximum atomic E-state index is 12.3. The Morgan fingerprint density at radius 1 is 1.25 bits per heavy atom. The zero-order chi connectivity index (χ0) is 17.0. The number of carbonyl (C=O) groups is 2. The summed E-state index contributed by atoms with van der Waals surface area (Å²) in [6.45, 7) is 5.79. The fourth-order valence-corrected chi connectivity index (χ4v) is 3.81. The molecule has 7 heteroatoms. The van der Waals surface area contributed by atoms with E-state index < -0.39 is 5.56 Å². The molecular formula is C17H22N4O3. The second-order valence-electron chi connectivity index (χ2n) is 7.48. The van der Waals surface area contributed by atoms with Crippen LogP contribution in [0.2, 0.25) is 0 Å². The maximum Gasteiger partial charge on any atom is 0.285 e. The van der Waals surface area contributed by atoms with E-state index in [-0.39, 0.29) is 35.3 Å². The van der Waals surface area contributed by atoms with Gasteiger partial charge < -0.3 is 14.8 Å². The van der Waals surface area contributed by atoms with Crippen molar-refractivity contribution in [2.45, 2.75) is 45.2 Å². The maximum absolute atomic E-state index is 12.3. The van der Waals surface area contributed by atoms with Gasteiger partial charge >= 0.3 is 0 Å². The Balaban J connectivity index is 1.57. The van der Waals surface area contributed by atoms with Gasteiger partial charge in [0, 0.05) is 49.6 Å². The van der Waals surface area contributed by atoms with E-state index >= 15 is 0 Å². The quantitative estimate of drug-likeness (QED) is 0.866. The summed E-state index contributed by atoms with van der Waals surface area (Å²) in [6.07, 6.45) is 3.65. The van der Waals surface area contributed by atoms with Crippen LogP contribution in [0.25, 0.3) is 0 Å². The second-order valence-corrected chi connectivity index (χ2v) is 7.48. The molecule has 3 heterocycles. The molecule has 1 N–H and O–H groups in total. The Morgan fingerprint density at radius 2 is 2.00 bits per heavy atom. The average Bonchev–Trinajstić information content (AvgIpc) is 3.19. The minimum absolute atomic E-state index is 0.0310. The molecule has 0 unspecified atom stereocenters. The van der Waals surface area contributed by atoms with Crippen molar-refractivity contribution in [2.75, 3.05) is 13.1 Å². The number of likely N-dealkylation sites (tertiary alicyclic amines) is 1. The summed E-state index contributed by atoms with van der Waals surface area (Å²) in [5, 5.41) is 2.74. The number of rotatable bonds is 3. The Morgan fingerprint density at radius 3 is 2.67 bits per heavy atom. The number of nitrogens with zero attached hydrogens (tertiary/aromatic N) is 3. The molecule has 2 amide bonds. The zero-order valence-electron chi connectivity index (χ0n) is 14.0. The van der Waals surface area contributed by atoms with E-state index in [2.05, 4.69) is 10.3 Å². The van der Waals surface area contributed by atoms with Gasteiger partial charge in [-0.3, -0.25) is 14.4 Å². The van der Waals surface area contributed by atoms with Gasteiger partial charge in [-0.25, -0.2) is 0 Å². The first-order valence-corrected chi connectivity index (χ1v) is 8.65. The zero-order valence-corrected chi connectivity index (χ0v) is 14.0. The fourth-order valence-electron chi connectivity index (χ4n) is 3.81. The highest BCUT2D eigenvalue weighted by atomic mass is 16.2. The topological polar surface area (TPSA) is 84.3 Å². The van der Waals surface area contributed by atoms with E-state index in [9.17, 15) is 14.4 Å². The third-order valence-electron chi connectivity index (χ3n) is 5.13. The Hall–Kier alpha value is -2.18. The molecule has 1 aromatic heterocycles. The van der Waals surface area contributed by atoms with Crippen molar-refractivity contribution < 1.29 is 9.59 Å². The Labute approximate surface area is 140 Å². The van der Waals surface area contributed by atoms with E-state index in [1.165, 1.54) is 0 Å². The van der Waals surface area contributed by atoms with Crippen LogP contribution in [-0.2, 0) is 11.3 Å². The van der Waals surface area contributed by atoms with Crippen LogP contribution in [0.4, 0.5) is 0 Å². The van der Waals surface area contributed by atoms with E-state index in [0.29, 0.717) is 19.0 Å². The first kappa shape index (κ1) is 15.4. The second kappa shape index (κ2) is 5.43. The van der Waals surface area contributed by atoms with Crippen LogP contribution >= 0.6 is 0 Å². The van der Waals surface area contributed by atoms with E-state index in [1.54, 1.807) is 6.20 Å². The number of nitrogens with one attached hydrogen (secondary N) is 1. The molecule has 0 spiro atoms. The monoisotopic (exact) mass is 330 g/mol. The standard InChI is InChI=1S/C17H22N4O3/c1-9(2)18-15(22)13-8-20-5-11-6-21(17(24)10-3-4-10)7-12(11)14(20)19-16(13)23/h8-12H,3-7H2,1-2H3,(H,18,22)/t11-,12+/m0/s1. The number of carbonyl (C=O) groups excluding carboxylic acids is 2. The van der Waals surface area contributed by atoms with Crippen LogP contribution in [0.1, 0.15) is 48.8 Å². The largest absolute Gasteiger partial charge is 0.350 e. The van der Waals surface area contributed by atoms with Crippen molar-refractivity contribution in [3.05, 3.63) is 27.9 Å². The van der Waals surface area contributed by atoms with Gasteiger partial charge in [-0.15, -0.1) is 0 Å². The lowest BCUT2D eigenvalue weighted by Crippen LogP contribution is -2.36. The van der Waals surface area contributed by atoms with E-state index in [1.807, 2.05) is 23.3 Å². The molecule has 2 atom stereocenters. The third-order valence-corrected chi connectivity index (χ3v) is 5.13. The highest BCUT2D eigenvalue weighted by molar-refractivity contribution is 5.93. The SMILES string of the molecule is CC(C)NC(=O)c1cn2c(nc1=O)[C@@H]1CN(C(=O)C3CC3)C[C@@H]1C2. The summed E-state index contributed by atoms with van der Waals surface area (Å²) in [4.78, 5) is 42.8. The van der Waals surface area contributed by atoms with Crippen molar-refractivity contribution in [1.29, 1.82) is 0 Å². The van der Waals surface area contributed by atoms with Crippen LogP contribution in [0.15, 0.2) is 11.0 Å². The van der Waals surface area contributed by atoms with Gasteiger partial charge in [0.15, 0.2) is 0 Å². The normalized spacial score (nSPS) is 24.9. The molecular weight excluding hydrogens is 308 g/mol. The first-order chi connectivity index (χ1) is 11.4. The summed E-state index contributed by atoms with van der Waals surface area (Å²) in [6, 6.07) is -0.0310. The minimum Gasteiger partial charge on any atom is -0.350 e. The predicted molar refractivity (Wildman–Crippen MR) is 86.6 cm³/mol. The van der Waals surface area contributed by atoms with Gasteiger partial charge in [-0.05, 0) is 26.7 Å². The van der Waals surface area contributed by atoms with E-state index in [0.717, 1.165) is 25.2 Å². The smallest absolute Gasteiger partial charge is 0.285 e. The summed E-state index contributed by atoms with van der Waals surface area (Å²) in [5.41, 5.74) is -0.384. The van der Waals surface area contributed by atoms with Crippen LogP contribution in [0.5, 0.6) is 0 Å². The molecule has 0 bridgehead atoms. The molecule has 128 valence electrons. The Bertz CT molecular complexity index is 766. The van der Waals surface area contributed by atoms with Crippen molar-refractivity contribution in [3.63, 3.8) is 0 Å². The highest BCUT2D eigenvalue weighted by Gasteiger charge is 2.45. The van der Waals surface area contributed by atoms with E-state index in [4.69, 9.17) is 0 Å². The minimum atomic E-state index is -0.480. The van der Waals surface area contributed by atoms with Gasteiger partial charge in [-0.2, -0.15) is 4.98 Å². The molecule has 1 aromatic rings. The molecule has 2 aliphatic heterocycles. The summed E-state index contributed by atoms with van der Waals surface area (Å²) >= 11 is 0. The van der Waals surface area contributed by atoms with Crippen molar-refractivity contribution in [2.24, 2.45) is 11.8 Å². The summed E-state index contributed by atoms with van der Waals surface area (Å²) in [7, 11) is 0. The van der Waals surface area contributed by atoms with Crippen LogP contribution < -0.4 is 10.9 Å². The fraction of sp³-hybridized carbons (Fsp3) is 0.647. The van der Waals surface area contributed by atoms with Crippen LogP contribution in [-0.4, -0.2) is 45.4 Å². The number of hydrogen-bond donors (Lipinski definition) is 1. The van der Waals surface area contributed by atoms with Crippen LogP contribution in [0, 0.1) is 11.8 Å². The first-order valence-electron chi connectivity index (χ1n) is 8.65. The third kappa shape index (κ3) is 2.52.